The molecule has 2 aromatic rings. The Balaban J connectivity index is 2.29. The van der Waals surface area contributed by atoms with Gasteiger partial charge in [-0.15, -0.1) is 0 Å². The molecule has 0 aliphatic rings. The Kier molecular flexibility index (Phi) is 6.57. The van der Waals surface area contributed by atoms with Gasteiger partial charge >= 0.3 is 0 Å². The number of carbonyl (C=O) groups is 2. The molecule has 2 aromatic carbocycles. The van der Waals surface area contributed by atoms with E-state index in [1.165, 1.54) is 25.1 Å². The number of hydrogen-bond acceptors (Lipinski definition) is 8. The zero-order chi connectivity index (χ0) is 22.7. The summed E-state index contributed by atoms with van der Waals surface area (Å²) in [5.41, 5.74) is -0.378. The summed E-state index contributed by atoms with van der Waals surface area (Å²) >= 11 is 0. The lowest BCUT2D eigenvalue weighted by molar-refractivity contribution is -0.388. The Bertz CT molecular complexity index is 1240. The summed E-state index contributed by atoms with van der Waals surface area (Å²) < 4.78 is 48.3. The van der Waals surface area contributed by atoms with Gasteiger partial charge in [0.1, 0.15) is 10.6 Å². The Labute approximate surface area is 172 Å². The van der Waals surface area contributed by atoms with Crippen LogP contribution in [0.4, 0.5) is 17.1 Å². The largest absolute Gasteiger partial charge is 0.326 e. The van der Waals surface area contributed by atoms with E-state index in [4.69, 9.17) is 0 Å². The quantitative estimate of drug-likeness (QED) is 0.466. The first-order valence-corrected chi connectivity index (χ1v) is 11.7. The van der Waals surface area contributed by atoms with Gasteiger partial charge in [0.05, 0.1) is 9.82 Å². The molecule has 2 amide bonds. The van der Waals surface area contributed by atoms with Crippen molar-refractivity contribution < 1.29 is 31.3 Å². The first-order chi connectivity index (χ1) is 13.8. The van der Waals surface area contributed by atoms with Crippen LogP contribution in [0.1, 0.15) is 6.92 Å². The Morgan fingerprint density at radius 2 is 1.60 bits per heavy atom. The highest BCUT2D eigenvalue weighted by atomic mass is 32.2. The van der Waals surface area contributed by atoms with Gasteiger partial charge < -0.3 is 10.6 Å². The molecule has 0 radical (unpaired) electrons. The van der Waals surface area contributed by atoms with E-state index in [0.717, 1.165) is 18.4 Å². The van der Waals surface area contributed by atoms with Crippen LogP contribution in [0.15, 0.2) is 52.3 Å². The van der Waals surface area contributed by atoms with E-state index >= 15 is 0 Å². The number of rotatable bonds is 7. The van der Waals surface area contributed by atoms with Crippen molar-refractivity contribution in [2.75, 3.05) is 22.6 Å². The minimum atomic E-state index is -4.46. The highest BCUT2D eigenvalue weighted by molar-refractivity contribution is 7.92. The summed E-state index contributed by atoms with van der Waals surface area (Å²) in [5, 5.41) is 16.1. The Hall–Kier alpha value is -3.32. The van der Waals surface area contributed by atoms with Crippen LogP contribution in [0, 0.1) is 10.1 Å². The molecular weight excluding hydrogens is 438 g/mol. The zero-order valence-corrected chi connectivity index (χ0v) is 17.4. The third-order valence-corrected chi connectivity index (χ3v) is 6.45. The molecule has 0 atom stereocenters. The van der Waals surface area contributed by atoms with Crippen LogP contribution in [0.2, 0.25) is 0 Å². The lowest BCUT2D eigenvalue weighted by Gasteiger charge is -2.09. The van der Waals surface area contributed by atoms with E-state index in [2.05, 4.69) is 10.6 Å². The second-order valence-electron chi connectivity index (χ2n) is 6.23. The number of amides is 2. The molecule has 0 bridgehead atoms. The van der Waals surface area contributed by atoms with Crippen LogP contribution in [-0.4, -0.2) is 45.6 Å². The number of nitro groups is 1. The number of anilines is 2. The molecule has 0 heterocycles. The van der Waals surface area contributed by atoms with E-state index in [0.29, 0.717) is 11.8 Å². The van der Waals surface area contributed by atoms with Gasteiger partial charge in [0, 0.05) is 30.6 Å². The van der Waals surface area contributed by atoms with Crippen molar-refractivity contribution in [3.8, 4) is 0 Å². The molecule has 2 rings (SSSR count). The van der Waals surface area contributed by atoms with E-state index in [9.17, 15) is 36.5 Å². The molecule has 0 fully saturated rings. The molecule has 0 saturated carbocycles. The molecule has 0 spiro atoms. The molecule has 0 aromatic heterocycles. The van der Waals surface area contributed by atoms with Crippen molar-refractivity contribution >= 4 is 48.6 Å². The second kappa shape index (κ2) is 8.59. The van der Waals surface area contributed by atoms with Crippen LogP contribution in [0.25, 0.3) is 0 Å². The normalized spacial score (nSPS) is 11.5. The summed E-state index contributed by atoms with van der Waals surface area (Å²) in [6.07, 6.45) is 0.822. The lowest BCUT2D eigenvalue weighted by atomic mass is 10.2. The highest BCUT2D eigenvalue weighted by Crippen LogP contribution is 2.28. The number of nitro benzene ring substituents is 1. The second-order valence-corrected chi connectivity index (χ2v) is 10.2. The highest BCUT2D eigenvalue weighted by Gasteiger charge is 2.29. The van der Waals surface area contributed by atoms with Gasteiger partial charge in [0.15, 0.2) is 19.7 Å². The summed E-state index contributed by atoms with van der Waals surface area (Å²) in [4.78, 5) is 32.3. The molecule has 30 heavy (non-hydrogen) atoms. The van der Waals surface area contributed by atoms with E-state index in [1.807, 2.05) is 0 Å². The zero-order valence-electron chi connectivity index (χ0n) is 15.8. The third-order valence-electron chi connectivity index (χ3n) is 3.68. The predicted octanol–water partition coefficient (Wildman–Crippen LogP) is 1.37. The lowest BCUT2D eigenvalue weighted by Crippen LogP contribution is -2.23. The summed E-state index contributed by atoms with van der Waals surface area (Å²) in [6, 6.07) is 8.27. The molecular formula is C17H17N3O8S2. The van der Waals surface area contributed by atoms with Gasteiger partial charge in [-0.25, -0.2) is 16.8 Å². The Morgan fingerprint density at radius 1 is 1.00 bits per heavy atom. The molecule has 0 saturated heterocycles. The summed E-state index contributed by atoms with van der Waals surface area (Å²) in [5.74, 6) is -2.43. The SMILES string of the molecule is CC(=O)Nc1cccc(NC(=O)CS(=O)(=O)c2ccc(S(C)(=O)=O)cc2[N+](=O)[O-])c1. The van der Waals surface area contributed by atoms with E-state index in [1.54, 1.807) is 6.07 Å². The third kappa shape index (κ3) is 5.84. The van der Waals surface area contributed by atoms with Crippen LogP contribution in [0.5, 0.6) is 0 Å². The number of hydrogen-bond donors (Lipinski definition) is 2. The number of benzene rings is 2. The van der Waals surface area contributed by atoms with Crippen molar-refractivity contribution in [3.05, 3.63) is 52.6 Å². The molecule has 2 N–H and O–H groups in total. The van der Waals surface area contributed by atoms with Crippen LogP contribution < -0.4 is 10.6 Å². The first kappa shape index (κ1) is 23.0. The van der Waals surface area contributed by atoms with Crippen LogP contribution in [0.3, 0.4) is 0 Å². The maximum absolute atomic E-state index is 12.6. The average Bonchev–Trinajstić information content (AvgIpc) is 2.59. The van der Waals surface area contributed by atoms with Gasteiger partial charge in [0.25, 0.3) is 5.69 Å². The predicted molar refractivity (Wildman–Crippen MR) is 108 cm³/mol. The van der Waals surface area contributed by atoms with Crippen LogP contribution >= 0.6 is 0 Å². The summed E-state index contributed by atoms with van der Waals surface area (Å²) in [6.45, 7) is 1.29. The monoisotopic (exact) mass is 455 g/mol. The smallest absolute Gasteiger partial charge is 0.289 e. The van der Waals surface area contributed by atoms with Crippen molar-refractivity contribution in [3.63, 3.8) is 0 Å². The first-order valence-electron chi connectivity index (χ1n) is 8.18. The molecule has 13 heteroatoms. The van der Waals surface area contributed by atoms with E-state index < -0.39 is 51.7 Å². The fourth-order valence-corrected chi connectivity index (χ4v) is 4.40. The molecule has 0 aliphatic carbocycles. The van der Waals surface area contributed by atoms with Crippen molar-refractivity contribution in [1.29, 1.82) is 0 Å². The van der Waals surface area contributed by atoms with Gasteiger partial charge in [-0.3, -0.25) is 19.7 Å². The minimum absolute atomic E-state index is 0.198. The molecule has 160 valence electrons. The van der Waals surface area contributed by atoms with E-state index in [-0.39, 0.29) is 11.6 Å². The van der Waals surface area contributed by atoms with Gasteiger partial charge in [-0.05, 0) is 30.3 Å². The fourth-order valence-electron chi connectivity index (χ4n) is 2.46. The van der Waals surface area contributed by atoms with Gasteiger partial charge in [-0.2, -0.15) is 0 Å². The molecule has 0 aliphatic heterocycles. The molecule has 0 unspecified atom stereocenters. The fraction of sp³-hybridized carbons (Fsp3) is 0.176. The Morgan fingerprint density at radius 3 is 2.13 bits per heavy atom. The number of sulfone groups is 2. The number of nitrogens with one attached hydrogen (secondary N) is 2. The maximum Gasteiger partial charge on any atom is 0.289 e. The average molecular weight is 455 g/mol. The number of carbonyl (C=O) groups excluding carboxylic acids is 2. The van der Waals surface area contributed by atoms with Crippen molar-refractivity contribution in [1.82, 2.24) is 0 Å². The van der Waals surface area contributed by atoms with Gasteiger partial charge in [0.2, 0.25) is 11.8 Å². The van der Waals surface area contributed by atoms with Crippen molar-refractivity contribution in [2.45, 2.75) is 16.7 Å². The van der Waals surface area contributed by atoms with Gasteiger partial charge in [-0.1, -0.05) is 6.07 Å². The molecule has 11 nitrogen and oxygen atoms in total. The van der Waals surface area contributed by atoms with Crippen molar-refractivity contribution in [2.24, 2.45) is 0 Å². The minimum Gasteiger partial charge on any atom is -0.326 e. The maximum atomic E-state index is 12.6. The van der Waals surface area contributed by atoms with Crippen LogP contribution in [-0.2, 0) is 29.3 Å². The standard InChI is InChI=1S/C17H17N3O8S2/c1-11(21)18-12-4-3-5-13(8-12)19-17(22)10-30(27,28)16-7-6-14(29(2,25)26)9-15(16)20(23)24/h3-9H,10H2,1-2H3,(H,18,21)(H,19,22). The number of nitrogens with zero attached hydrogens (tertiary/aromatic N) is 1. The summed E-state index contributed by atoms with van der Waals surface area (Å²) in [7, 11) is -8.27. The topological polar surface area (TPSA) is 170 Å².